The summed E-state index contributed by atoms with van der Waals surface area (Å²) < 4.78 is 66.9. The Hall–Kier alpha value is -2.75. The third-order valence-electron chi connectivity index (χ3n) is 3.22. The molecule has 10 heteroatoms. The fourth-order valence-corrected chi connectivity index (χ4v) is 3.06. The number of rotatable bonds is 6. The topological polar surface area (TPSA) is 84.5 Å². The van der Waals surface area contributed by atoms with Crippen LogP contribution in [-0.2, 0) is 21.2 Å². The van der Waals surface area contributed by atoms with Gasteiger partial charge in [0, 0.05) is 12.7 Å². The Morgan fingerprint density at radius 3 is 2.12 bits per heavy atom. The predicted molar refractivity (Wildman–Crippen MR) is 88.1 cm³/mol. The fourth-order valence-electron chi connectivity index (χ4n) is 2.00. The van der Waals surface area contributed by atoms with Crippen molar-refractivity contribution in [2.75, 3.05) is 11.8 Å². The summed E-state index contributed by atoms with van der Waals surface area (Å²) >= 11 is 0. The number of carbonyl (C=O) groups excluding carboxylic acids is 1. The van der Waals surface area contributed by atoms with Crippen LogP contribution in [0.1, 0.15) is 5.56 Å². The number of benzene rings is 2. The maximum Gasteiger partial charge on any atom is 0.573 e. The van der Waals surface area contributed by atoms with Crippen LogP contribution in [0.5, 0.6) is 5.75 Å². The second kappa shape index (κ2) is 7.65. The number of hydrogen-bond acceptors (Lipinski definition) is 4. The molecule has 26 heavy (non-hydrogen) atoms. The zero-order chi connectivity index (χ0) is 19.4. The normalized spacial score (nSPS) is 11.7. The van der Waals surface area contributed by atoms with Gasteiger partial charge in [0.1, 0.15) is 5.75 Å². The molecule has 140 valence electrons. The molecule has 0 fully saturated rings. The van der Waals surface area contributed by atoms with Crippen molar-refractivity contribution in [3.05, 3.63) is 54.1 Å². The van der Waals surface area contributed by atoms with Crippen molar-refractivity contribution >= 4 is 21.6 Å². The summed E-state index contributed by atoms with van der Waals surface area (Å²) in [6, 6.07) is 9.98. The number of nitrogens with one attached hydrogen (secondary N) is 2. The lowest BCUT2D eigenvalue weighted by Crippen LogP contribution is -2.19. The van der Waals surface area contributed by atoms with Crippen molar-refractivity contribution in [3.8, 4) is 5.75 Å². The highest BCUT2D eigenvalue weighted by molar-refractivity contribution is 7.92. The number of alkyl halides is 3. The Morgan fingerprint density at radius 1 is 1.04 bits per heavy atom. The first-order chi connectivity index (χ1) is 12.1. The van der Waals surface area contributed by atoms with E-state index in [-0.39, 0.29) is 22.9 Å². The van der Waals surface area contributed by atoms with Gasteiger partial charge >= 0.3 is 6.36 Å². The molecular weight excluding hydrogens is 373 g/mol. The zero-order valence-electron chi connectivity index (χ0n) is 13.5. The highest BCUT2D eigenvalue weighted by atomic mass is 32.2. The maximum absolute atomic E-state index is 12.3. The van der Waals surface area contributed by atoms with Crippen molar-refractivity contribution < 1.29 is 31.1 Å². The van der Waals surface area contributed by atoms with Gasteiger partial charge in [-0.15, -0.1) is 13.2 Å². The molecule has 0 spiro atoms. The summed E-state index contributed by atoms with van der Waals surface area (Å²) in [5.74, 6) is -0.700. The third-order valence-corrected chi connectivity index (χ3v) is 4.61. The van der Waals surface area contributed by atoms with Crippen LogP contribution < -0.4 is 14.8 Å². The monoisotopic (exact) mass is 388 g/mol. The maximum atomic E-state index is 12.3. The van der Waals surface area contributed by atoms with Crippen LogP contribution in [0.3, 0.4) is 0 Å². The molecule has 0 aromatic heterocycles. The van der Waals surface area contributed by atoms with Gasteiger partial charge in [0.15, 0.2) is 0 Å². The quantitative estimate of drug-likeness (QED) is 0.797. The number of amides is 1. The number of carbonyl (C=O) groups is 1. The van der Waals surface area contributed by atoms with Crippen LogP contribution in [0.2, 0.25) is 0 Å². The van der Waals surface area contributed by atoms with Crippen molar-refractivity contribution in [2.24, 2.45) is 0 Å². The molecule has 0 radical (unpaired) electrons. The van der Waals surface area contributed by atoms with Crippen molar-refractivity contribution in [1.29, 1.82) is 0 Å². The molecule has 2 N–H and O–H groups in total. The highest BCUT2D eigenvalue weighted by Crippen LogP contribution is 2.24. The molecule has 0 aliphatic rings. The van der Waals surface area contributed by atoms with E-state index in [2.05, 4.69) is 14.8 Å². The smallest absolute Gasteiger partial charge is 0.406 e. The van der Waals surface area contributed by atoms with E-state index < -0.39 is 22.1 Å². The molecule has 6 nitrogen and oxygen atoms in total. The van der Waals surface area contributed by atoms with Crippen LogP contribution in [-0.4, -0.2) is 27.7 Å². The van der Waals surface area contributed by atoms with Crippen LogP contribution in [0.4, 0.5) is 18.9 Å². The molecule has 0 saturated carbocycles. The number of likely N-dealkylation sites (N-methyl/N-ethyl adjacent to an activating group) is 1. The van der Waals surface area contributed by atoms with E-state index >= 15 is 0 Å². The molecule has 2 aromatic carbocycles. The molecule has 0 bridgehead atoms. The number of sulfonamides is 1. The van der Waals surface area contributed by atoms with Gasteiger partial charge in [-0.25, -0.2) is 8.42 Å². The molecule has 0 unspecified atom stereocenters. The minimum atomic E-state index is -4.85. The van der Waals surface area contributed by atoms with E-state index in [1.54, 1.807) is 12.1 Å². The summed E-state index contributed by atoms with van der Waals surface area (Å²) in [7, 11) is -2.47. The van der Waals surface area contributed by atoms with Gasteiger partial charge in [-0.1, -0.05) is 12.1 Å². The Bertz CT molecular complexity index is 864. The lowest BCUT2D eigenvalue weighted by Gasteiger charge is -2.11. The third kappa shape index (κ3) is 5.66. The fraction of sp³-hybridized carbons (Fsp3) is 0.188. The first-order valence-electron chi connectivity index (χ1n) is 7.27. The van der Waals surface area contributed by atoms with Gasteiger partial charge in [0.05, 0.1) is 11.3 Å². The van der Waals surface area contributed by atoms with Crippen LogP contribution >= 0.6 is 0 Å². The number of anilines is 1. The molecular formula is C16H15F3N2O4S. The molecule has 0 aliphatic heterocycles. The van der Waals surface area contributed by atoms with E-state index in [4.69, 9.17) is 0 Å². The second-order valence-corrected chi connectivity index (χ2v) is 6.85. The van der Waals surface area contributed by atoms with E-state index in [1.807, 2.05) is 0 Å². The van der Waals surface area contributed by atoms with E-state index in [9.17, 15) is 26.4 Å². The summed E-state index contributed by atoms with van der Waals surface area (Å²) in [4.78, 5) is 11.1. The number of ether oxygens (including phenoxy) is 1. The minimum Gasteiger partial charge on any atom is -0.406 e. The molecule has 0 heterocycles. The number of hydrogen-bond donors (Lipinski definition) is 2. The minimum absolute atomic E-state index is 0.157. The van der Waals surface area contributed by atoms with Gasteiger partial charge in [-0.05, 0) is 42.0 Å². The van der Waals surface area contributed by atoms with Gasteiger partial charge in [-0.3, -0.25) is 9.52 Å². The molecule has 2 aromatic rings. The highest BCUT2D eigenvalue weighted by Gasteiger charge is 2.31. The Balaban J connectivity index is 2.09. The van der Waals surface area contributed by atoms with Gasteiger partial charge in [0.2, 0.25) is 5.91 Å². The van der Waals surface area contributed by atoms with E-state index in [1.165, 1.54) is 19.2 Å². The van der Waals surface area contributed by atoms with Gasteiger partial charge in [-0.2, -0.15) is 0 Å². The molecule has 0 aliphatic carbocycles. The SMILES string of the molecule is CNC(=O)Cc1ccc(NS(=O)(=O)c2ccc(OC(F)(F)F)cc2)cc1. The second-order valence-electron chi connectivity index (χ2n) is 5.17. The predicted octanol–water partition coefficient (Wildman–Crippen LogP) is 2.67. The summed E-state index contributed by atoms with van der Waals surface area (Å²) in [5.41, 5.74) is 0.947. The summed E-state index contributed by atoms with van der Waals surface area (Å²) in [6.07, 6.45) is -4.70. The lowest BCUT2D eigenvalue weighted by molar-refractivity contribution is -0.274. The molecule has 0 saturated heterocycles. The first-order valence-corrected chi connectivity index (χ1v) is 8.75. The average Bonchev–Trinajstić information content (AvgIpc) is 2.55. The van der Waals surface area contributed by atoms with Crippen molar-refractivity contribution in [1.82, 2.24) is 5.32 Å². The lowest BCUT2D eigenvalue weighted by atomic mass is 10.1. The van der Waals surface area contributed by atoms with Crippen molar-refractivity contribution in [2.45, 2.75) is 17.7 Å². The van der Waals surface area contributed by atoms with Crippen LogP contribution in [0.25, 0.3) is 0 Å². The Morgan fingerprint density at radius 2 is 1.62 bits per heavy atom. The van der Waals surface area contributed by atoms with Gasteiger partial charge in [0.25, 0.3) is 10.0 Å². The number of halogens is 3. The van der Waals surface area contributed by atoms with Crippen LogP contribution in [0.15, 0.2) is 53.4 Å². The molecule has 2 rings (SSSR count). The molecule has 1 amide bonds. The zero-order valence-corrected chi connectivity index (χ0v) is 14.3. The van der Waals surface area contributed by atoms with Crippen LogP contribution in [0, 0.1) is 0 Å². The standard InChI is InChI=1S/C16H15F3N2O4S/c1-20-15(22)10-11-2-4-12(5-3-11)21-26(23,24)14-8-6-13(7-9-14)25-16(17,18)19/h2-9,21H,10H2,1H3,(H,20,22). The van der Waals surface area contributed by atoms with E-state index in [0.717, 1.165) is 24.3 Å². The van der Waals surface area contributed by atoms with Crippen molar-refractivity contribution in [3.63, 3.8) is 0 Å². The first kappa shape index (κ1) is 19.6. The average molecular weight is 388 g/mol. The summed E-state index contributed by atoms with van der Waals surface area (Å²) in [6.45, 7) is 0. The largest absolute Gasteiger partial charge is 0.573 e. The summed E-state index contributed by atoms with van der Waals surface area (Å²) in [5, 5.41) is 2.48. The Kier molecular flexibility index (Phi) is 5.76. The van der Waals surface area contributed by atoms with Gasteiger partial charge < -0.3 is 10.1 Å². The Labute approximate surface area is 148 Å². The molecule has 0 atom stereocenters. The van der Waals surface area contributed by atoms with E-state index in [0.29, 0.717) is 5.56 Å².